The summed E-state index contributed by atoms with van der Waals surface area (Å²) in [6.45, 7) is 11.6. The SMILES string of the molecule is CC1(C)O[C@@H]2[C@@H](O)[C@H](O[C@H]3[C@H](OCc4ccccc4)[C@@H](OCc4ccccc4)[C@H](OCC[Si](C)(C)C)O[C@@H]3COCc3ccccc3)O[C@H](CO)[C@@H]2O1. The minimum atomic E-state index is -1.46. The van der Waals surface area contributed by atoms with Gasteiger partial charge in [0, 0.05) is 14.7 Å². The number of aliphatic hydroxyl groups excluding tert-OH is 2. The lowest BCUT2D eigenvalue weighted by Crippen LogP contribution is -2.65. The van der Waals surface area contributed by atoms with Crippen LogP contribution in [-0.2, 0) is 62.5 Å². The normalized spacial score (nSPS) is 31.3. The van der Waals surface area contributed by atoms with Gasteiger partial charge in [0.05, 0.1) is 33.0 Å². The van der Waals surface area contributed by atoms with Gasteiger partial charge in [-0.15, -0.1) is 0 Å². The molecule has 3 aliphatic rings. The standard InChI is InChI=1S/C41H56O11Si/c1-41(2)51-35-31(23-42)48-39(33(43)36(35)52-41)50-34-32(27-44-24-28-15-9-6-10-16-28)49-40(45-21-22-53(3,4)5)38(47-26-30-19-13-8-14-20-30)37(34)46-25-29-17-11-7-12-18-29/h6-20,31-40,42-43H,21-27H2,1-5H3/t31-,32-,33-,34-,35+,36-,37+,38-,39+,40-/m1/s1. The van der Waals surface area contributed by atoms with Gasteiger partial charge in [-0.05, 0) is 36.6 Å². The second kappa shape index (κ2) is 18.4. The first kappa shape index (κ1) is 40.1. The molecular weight excluding hydrogens is 697 g/mol. The van der Waals surface area contributed by atoms with E-state index in [1.54, 1.807) is 13.8 Å². The zero-order valence-electron chi connectivity index (χ0n) is 31.5. The van der Waals surface area contributed by atoms with Crippen LogP contribution >= 0.6 is 0 Å². The fraction of sp³-hybridized carbons (Fsp3) is 0.561. The number of aliphatic hydroxyl groups is 2. The summed E-state index contributed by atoms with van der Waals surface area (Å²) in [6.07, 6.45) is -8.71. The van der Waals surface area contributed by atoms with Crippen LogP contribution in [0.5, 0.6) is 0 Å². The van der Waals surface area contributed by atoms with E-state index in [9.17, 15) is 10.2 Å². The predicted octanol–water partition coefficient (Wildman–Crippen LogP) is 5.44. The summed E-state index contributed by atoms with van der Waals surface area (Å²) in [5, 5.41) is 22.0. The number of hydrogen-bond acceptors (Lipinski definition) is 11. The van der Waals surface area contributed by atoms with Gasteiger partial charge in [0.25, 0.3) is 0 Å². The number of fused-ring (bicyclic) bond motifs is 1. The van der Waals surface area contributed by atoms with Gasteiger partial charge in [-0.3, -0.25) is 0 Å². The summed E-state index contributed by atoms with van der Waals surface area (Å²) in [7, 11) is -1.46. The van der Waals surface area contributed by atoms with E-state index in [0.717, 1.165) is 22.7 Å². The molecule has 0 aromatic heterocycles. The van der Waals surface area contributed by atoms with Gasteiger partial charge in [-0.25, -0.2) is 0 Å². The molecule has 0 radical (unpaired) electrons. The highest BCUT2D eigenvalue weighted by Crippen LogP contribution is 2.40. The molecule has 0 spiro atoms. The van der Waals surface area contributed by atoms with Crippen LogP contribution in [0.2, 0.25) is 25.7 Å². The van der Waals surface area contributed by atoms with E-state index in [2.05, 4.69) is 19.6 Å². The third kappa shape index (κ3) is 11.0. The summed E-state index contributed by atoms with van der Waals surface area (Å²) in [4.78, 5) is 0. The second-order valence-corrected chi connectivity index (χ2v) is 21.3. The van der Waals surface area contributed by atoms with Crippen molar-refractivity contribution in [1.82, 2.24) is 0 Å². The van der Waals surface area contributed by atoms with E-state index in [-0.39, 0.29) is 26.4 Å². The number of rotatable bonds is 17. The fourth-order valence-electron chi connectivity index (χ4n) is 6.83. The van der Waals surface area contributed by atoms with Crippen molar-refractivity contribution in [2.24, 2.45) is 0 Å². The third-order valence-electron chi connectivity index (χ3n) is 9.62. The zero-order chi connectivity index (χ0) is 37.4. The van der Waals surface area contributed by atoms with E-state index in [1.807, 2.05) is 91.0 Å². The van der Waals surface area contributed by atoms with Crippen LogP contribution in [-0.4, -0.2) is 105 Å². The molecule has 3 saturated heterocycles. The highest BCUT2D eigenvalue weighted by Gasteiger charge is 2.57. The molecule has 2 N–H and O–H groups in total. The number of ether oxygens (including phenoxy) is 9. The molecular formula is C41H56O11Si. The molecule has 0 saturated carbocycles. The van der Waals surface area contributed by atoms with Crippen molar-refractivity contribution >= 4 is 8.07 Å². The van der Waals surface area contributed by atoms with E-state index in [0.29, 0.717) is 13.2 Å². The Morgan fingerprint density at radius 3 is 1.74 bits per heavy atom. The largest absolute Gasteiger partial charge is 0.394 e. The third-order valence-corrected chi connectivity index (χ3v) is 11.3. The van der Waals surface area contributed by atoms with E-state index in [1.165, 1.54) is 0 Å². The van der Waals surface area contributed by atoms with Gasteiger partial charge in [0.1, 0.15) is 48.8 Å². The molecule has 3 fully saturated rings. The van der Waals surface area contributed by atoms with Crippen LogP contribution in [0.15, 0.2) is 91.0 Å². The van der Waals surface area contributed by atoms with Gasteiger partial charge in [-0.1, -0.05) is 111 Å². The van der Waals surface area contributed by atoms with Crippen LogP contribution in [0.4, 0.5) is 0 Å². The average molecular weight is 753 g/mol. The van der Waals surface area contributed by atoms with Crippen LogP contribution in [0, 0.1) is 0 Å². The summed E-state index contributed by atoms with van der Waals surface area (Å²) < 4.78 is 58.3. The maximum atomic E-state index is 11.7. The highest BCUT2D eigenvalue weighted by atomic mass is 28.3. The smallest absolute Gasteiger partial charge is 0.187 e. The van der Waals surface area contributed by atoms with E-state index < -0.39 is 75.3 Å². The van der Waals surface area contributed by atoms with Gasteiger partial charge in [0.15, 0.2) is 18.4 Å². The molecule has 10 atom stereocenters. The van der Waals surface area contributed by atoms with Crippen LogP contribution < -0.4 is 0 Å². The minimum Gasteiger partial charge on any atom is -0.394 e. The highest BCUT2D eigenvalue weighted by molar-refractivity contribution is 6.76. The quantitative estimate of drug-likeness (QED) is 0.172. The molecule has 0 amide bonds. The monoisotopic (exact) mass is 752 g/mol. The first-order valence-electron chi connectivity index (χ1n) is 18.6. The second-order valence-electron chi connectivity index (χ2n) is 15.6. The molecule has 3 aromatic rings. The van der Waals surface area contributed by atoms with Crippen LogP contribution in [0.25, 0.3) is 0 Å². The van der Waals surface area contributed by atoms with E-state index >= 15 is 0 Å². The van der Waals surface area contributed by atoms with Crippen molar-refractivity contribution in [3.05, 3.63) is 108 Å². The lowest BCUT2D eigenvalue weighted by Gasteiger charge is -2.48. The maximum Gasteiger partial charge on any atom is 0.187 e. The molecule has 12 heteroatoms. The van der Waals surface area contributed by atoms with E-state index in [4.69, 9.17) is 42.6 Å². The van der Waals surface area contributed by atoms with Crippen molar-refractivity contribution in [3.63, 3.8) is 0 Å². The van der Waals surface area contributed by atoms with Crippen LogP contribution in [0.3, 0.4) is 0 Å². The summed E-state index contributed by atoms with van der Waals surface area (Å²) >= 11 is 0. The topological polar surface area (TPSA) is 124 Å². The maximum absolute atomic E-state index is 11.7. The Balaban J connectivity index is 1.33. The molecule has 53 heavy (non-hydrogen) atoms. The summed E-state index contributed by atoms with van der Waals surface area (Å²) in [6, 6.07) is 30.6. The Morgan fingerprint density at radius 1 is 0.642 bits per heavy atom. The minimum absolute atomic E-state index is 0.120. The van der Waals surface area contributed by atoms with Gasteiger partial charge >= 0.3 is 0 Å². The summed E-state index contributed by atoms with van der Waals surface area (Å²) in [5.41, 5.74) is 2.95. The lowest BCUT2D eigenvalue weighted by atomic mass is 9.96. The Morgan fingerprint density at radius 2 is 1.17 bits per heavy atom. The van der Waals surface area contributed by atoms with Crippen LogP contribution in [0.1, 0.15) is 30.5 Å². The average Bonchev–Trinajstić information content (AvgIpc) is 3.48. The van der Waals surface area contributed by atoms with Gasteiger partial charge in [0.2, 0.25) is 0 Å². The molecule has 3 aliphatic heterocycles. The number of hydrogen-bond donors (Lipinski definition) is 2. The van der Waals surface area contributed by atoms with Crippen molar-refractivity contribution in [1.29, 1.82) is 0 Å². The Labute approximate surface area is 314 Å². The Bertz CT molecular complexity index is 1510. The lowest BCUT2D eigenvalue weighted by molar-refractivity contribution is -0.363. The first-order chi connectivity index (χ1) is 25.5. The molecule has 0 unspecified atom stereocenters. The molecule has 6 rings (SSSR count). The molecule has 3 heterocycles. The van der Waals surface area contributed by atoms with Gasteiger partial charge in [-0.2, -0.15) is 0 Å². The molecule has 11 nitrogen and oxygen atoms in total. The summed E-state index contributed by atoms with van der Waals surface area (Å²) in [5.74, 6) is -0.984. The molecule has 0 bridgehead atoms. The first-order valence-corrected chi connectivity index (χ1v) is 22.4. The Hall–Kier alpha value is -2.56. The Kier molecular flexibility index (Phi) is 13.9. The zero-order valence-corrected chi connectivity index (χ0v) is 32.5. The van der Waals surface area contributed by atoms with Gasteiger partial charge < -0.3 is 52.8 Å². The van der Waals surface area contributed by atoms with Crippen molar-refractivity contribution < 1.29 is 52.8 Å². The number of benzene rings is 3. The molecule has 290 valence electrons. The fourth-order valence-corrected chi connectivity index (χ4v) is 7.56. The molecule has 3 aromatic carbocycles. The van der Waals surface area contributed by atoms with Crippen molar-refractivity contribution in [3.8, 4) is 0 Å². The predicted molar refractivity (Wildman–Crippen MR) is 199 cm³/mol. The van der Waals surface area contributed by atoms with Crippen molar-refractivity contribution in [2.45, 2.75) is 127 Å². The molecule has 0 aliphatic carbocycles. The van der Waals surface area contributed by atoms with Crippen molar-refractivity contribution in [2.75, 3.05) is 19.8 Å².